The van der Waals surface area contributed by atoms with Crippen LogP contribution < -0.4 is 4.90 Å². The molecule has 2 rings (SSSR count). The first-order chi connectivity index (χ1) is 9.11. The number of benzene rings is 1. The third-order valence-electron chi connectivity index (χ3n) is 3.57. The predicted molar refractivity (Wildman–Crippen MR) is 78.8 cm³/mol. The summed E-state index contributed by atoms with van der Waals surface area (Å²) in [5.41, 5.74) is 1.86. The lowest BCUT2D eigenvalue weighted by Crippen LogP contribution is -2.28. The van der Waals surface area contributed by atoms with Crippen molar-refractivity contribution in [1.29, 1.82) is 0 Å². The van der Waals surface area contributed by atoms with Crippen molar-refractivity contribution in [2.24, 2.45) is 0 Å². The smallest absolute Gasteiger partial charge is 0.328 e. The molecule has 0 bridgehead atoms. The van der Waals surface area contributed by atoms with Gasteiger partial charge in [0, 0.05) is 29.4 Å². The van der Waals surface area contributed by atoms with Crippen LogP contribution in [-0.2, 0) is 4.79 Å². The zero-order valence-electron chi connectivity index (χ0n) is 11.0. The SMILES string of the molecule is CCC1CCCN1c1ccc(/C=C/C(=O)O)c(Cl)c1. The minimum Gasteiger partial charge on any atom is -0.478 e. The molecule has 0 amide bonds. The molecule has 1 aliphatic rings. The minimum atomic E-state index is -0.967. The maximum atomic E-state index is 10.5. The van der Waals surface area contributed by atoms with Crippen molar-refractivity contribution in [2.75, 3.05) is 11.4 Å². The summed E-state index contributed by atoms with van der Waals surface area (Å²) in [5, 5.41) is 9.22. The van der Waals surface area contributed by atoms with Gasteiger partial charge in [-0.2, -0.15) is 0 Å². The lowest BCUT2D eigenvalue weighted by atomic mass is 10.1. The van der Waals surface area contributed by atoms with Crippen molar-refractivity contribution >= 4 is 29.3 Å². The third-order valence-corrected chi connectivity index (χ3v) is 3.90. The van der Waals surface area contributed by atoms with E-state index >= 15 is 0 Å². The van der Waals surface area contributed by atoms with Crippen molar-refractivity contribution in [3.63, 3.8) is 0 Å². The maximum absolute atomic E-state index is 10.5. The van der Waals surface area contributed by atoms with Gasteiger partial charge in [0.05, 0.1) is 0 Å². The highest BCUT2D eigenvalue weighted by Crippen LogP contribution is 2.30. The van der Waals surface area contributed by atoms with Gasteiger partial charge in [-0.25, -0.2) is 4.79 Å². The second kappa shape index (κ2) is 6.11. The molecule has 0 aromatic heterocycles. The summed E-state index contributed by atoms with van der Waals surface area (Å²) >= 11 is 6.21. The molecular weight excluding hydrogens is 262 g/mol. The molecule has 1 fully saturated rings. The van der Waals surface area contributed by atoms with Crippen molar-refractivity contribution in [3.8, 4) is 0 Å². The lowest BCUT2D eigenvalue weighted by Gasteiger charge is -2.26. The normalized spacial score (nSPS) is 19.3. The van der Waals surface area contributed by atoms with Crippen molar-refractivity contribution < 1.29 is 9.90 Å². The topological polar surface area (TPSA) is 40.5 Å². The standard InChI is InChI=1S/C15H18ClNO2/c1-2-12-4-3-9-17(12)13-7-5-11(14(16)10-13)6-8-15(18)19/h5-8,10,12H,2-4,9H2,1H3,(H,18,19)/b8-6+. The summed E-state index contributed by atoms with van der Waals surface area (Å²) in [6.45, 7) is 3.27. The van der Waals surface area contributed by atoms with Crippen LogP contribution in [0.5, 0.6) is 0 Å². The molecule has 19 heavy (non-hydrogen) atoms. The van der Waals surface area contributed by atoms with Crippen molar-refractivity contribution in [1.82, 2.24) is 0 Å². The van der Waals surface area contributed by atoms with Gasteiger partial charge in [-0.3, -0.25) is 0 Å². The number of nitrogens with zero attached hydrogens (tertiary/aromatic N) is 1. The predicted octanol–water partition coefficient (Wildman–Crippen LogP) is 3.82. The van der Waals surface area contributed by atoms with Crippen LogP contribution in [0.2, 0.25) is 5.02 Å². The lowest BCUT2D eigenvalue weighted by molar-refractivity contribution is -0.131. The summed E-state index contributed by atoms with van der Waals surface area (Å²) in [7, 11) is 0. The fraction of sp³-hybridized carbons (Fsp3) is 0.400. The number of rotatable bonds is 4. The Labute approximate surface area is 118 Å². The molecule has 1 N–H and O–H groups in total. The zero-order chi connectivity index (χ0) is 13.8. The number of anilines is 1. The molecule has 1 aliphatic heterocycles. The molecule has 0 saturated carbocycles. The Balaban J connectivity index is 2.21. The van der Waals surface area contributed by atoms with Gasteiger partial charge in [-0.05, 0) is 43.0 Å². The van der Waals surface area contributed by atoms with E-state index in [4.69, 9.17) is 16.7 Å². The number of aliphatic carboxylic acids is 1. The summed E-state index contributed by atoms with van der Waals surface area (Å²) in [5.74, 6) is -0.967. The fourth-order valence-corrected chi connectivity index (χ4v) is 2.83. The van der Waals surface area contributed by atoms with Crippen LogP contribution in [0.15, 0.2) is 24.3 Å². The average Bonchev–Trinajstić information content (AvgIpc) is 2.85. The molecule has 1 aromatic rings. The number of carboxylic acids is 1. The van der Waals surface area contributed by atoms with E-state index < -0.39 is 5.97 Å². The van der Waals surface area contributed by atoms with Crippen LogP contribution in [0.4, 0.5) is 5.69 Å². The van der Waals surface area contributed by atoms with Crippen LogP contribution in [-0.4, -0.2) is 23.7 Å². The maximum Gasteiger partial charge on any atom is 0.328 e. The molecule has 102 valence electrons. The highest BCUT2D eigenvalue weighted by Gasteiger charge is 2.23. The van der Waals surface area contributed by atoms with Gasteiger partial charge in [0.25, 0.3) is 0 Å². The third kappa shape index (κ3) is 3.29. The highest BCUT2D eigenvalue weighted by atomic mass is 35.5. The van der Waals surface area contributed by atoms with Crippen LogP contribution >= 0.6 is 11.6 Å². The Morgan fingerprint density at radius 2 is 2.37 bits per heavy atom. The second-order valence-corrected chi connectivity index (χ2v) is 5.18. The quantitative estimate of drug-likeness (QED) is 0.852. The van der Waals surface area contributed by atoms with Gasteiger partial charge >= 0.3 is 5.97 Å². The molecule has 1 unspecified atom stereocenters. The van der Waals surface area contributed by atoms with E-state index in [-0.39, 0.29) is 0 Å². The van der Waals surface area contributed by atoms with Gasteiger partial charge in [0.15, 0.2) is 0 Å². The molecule has 1 aromatic carbocycles. The van der Waals surface area contributed by atoms with E-state index in [1.54, 1.807) is 0 Å². The molecule has 0 aliphatic carbocycles. The van der Waals surface area contributed by atoms with Gasteiger partial charge in [-0.15, -0.1) is 0 Å². The minimum absolute atomic E-state index is 0.594. The average molecular weight is 280 g/mol. The number of hydrogen-bond donors (Lipinski definition) is 1. The summed E-state index contributed by atoms with van der Waals surface area (Å²) in [6, 6.07) is 6.41. The van der Waals surface area contributed by atoms with E-state index in [0.717, 1.165) is 30.3 Å². The van der Waals surface area contributed by atoms with E-state index in [9.17, 15) is 4.79 Å². The summed E-state index contributed by atoms with van der Waals surface area (Å²) < 4.78 is 0. The van der Waals surface area contributed by atoms with Crippen molar-refractivity contribution in [3.05, 3.63) is 34.9 Å². The first-order valence-corrected chi connectivity index (χ1v) is 6.97. The molecule has 1 heterocycles. The Morgan fingerprint density at radius 1 is 1.58 bits per heavy atom. The van der Waals surface area contributed by atoms with Crippen LogP contribution in [0.3, 0.4) is 0 Å². The fourth-order valence-electron chi connectivity index (χ4n) is 2.59. The Bertz CT molecular complexity index is 499. The van der Waals surface area contributed by atoms with Crippen molar-refractivity contribution in [2.45, 2.75) is 32.2 Å². The molecule has 0 spiro atoms. The van der Waals surface area contributed by atoms with E-state index in [1.165, 1.54) is 18.9 Å². The van der Waals surface area contributed by atoms with Gasteiger partial charge in [-0.1, -0.05) is 24.6 Å². The number of hydrogen-bond acceptors (Lipinski definition) is 2. The Kier molecular flexibility index (Phi) is 4.48. The monoisotopic (exact) mass is 279 g/mol. The van der Waals surface area contributed by atoms with Gasteiger partial charge < -0.3 is 10.0 Å². The number of halogens is 1. The molecule has 1 atom stereocenters. The number of carbonyl (C=O) groups is 1. The molecule has 3 nitrogen and oxygen atoms in total. The summed E-state index contributed by atoms with van der Waals surface area (Å²) in [6.07, 6.45) is 6.21. The zero-order valence-corrected chi connectivity index (χ0v) is 11.7. The Hall–Kier alpha value is -1.48. The van der Waals surface area contributed by atoms with E-state index in [1.807, 2.05) is 18.2 Å². The highest BCUT2D eigenvalue weighted by molar-refractivity contribution is 6.32. The van der Waals surface area contributed by atoms with Gasteiger partial charge in [0.1, 0.15) is 0 Å². The Morgan fingerprint density at radius 3 is 3.00 bits per heavy atom. The molecular formula is C15H18ClNO2. The molecule has 4 heteroatoms. The molecule has 0 radical (unpaired) electrons. The molecule has 1 saturated heterocycles. The van der Waals surface area contributed by atoms with Crippen LogP contribution in [0.1, 0.15) is 31.7 Å². The van der Waals surface area contributed by atoms with Gasteiger partial charge in [0.2, 0.25) is 0 Å². The number of carboxylic acid groups (broad SMARTS) is 1. The van der Waals surface area contributed by atoms with Crippen LogP contribution in [0.25, 0.3) is 6.08 Å². The first kappa shape index (κ1) is 13.9. The first-order valence-electron chi connectivity index (χ1n) is 6.59. The van der Waals surface area contributed by atoms with E-state index in [2.05, 4.69) is 11.8 Å². The second-order valence-electron chi connectivity index (χ2n) is 4.78. The van der Waals surface area contributed by atoms with E-state index in [0.29, 0.717) is 11.1 Å². The summed E-state index contributed by atoms with van der Waals surface area (Å²) in [4.78, 5) is 12.9. The van der Waals surface area contributed by atoms with Crippen LogP contribution in [0, 0.1) is 0 Å². The largest absolute Gasteiger partial charge is 0.478 e.